The summed E-state index contributed by atoms with van der Waals surface area (Å²) in [6.45, 7) is 2.95. The summed E-state index contributed by atoms with van der Waals surface area (Å²) >= 11 is 0. The molecule has 102 valence electrons. The van der Waals surface area contributed by atoms with Crippen molar-refractivity contribution in [2.75, 3.05) is 24.3 Å². The highest BCUT2D eigenvalue weighted by molar-refractivity contribution is 5.45. The van der Waals surface area contributed by atoms with Crippen molar-refractivity contribution in [3.05, 3.63) is 41.7 Å². The van der Waals surface area contributed by atoms with E-state index in [0.29, 0.717) is 0 Å². The van der Waals surface area contributed by atoms with Crippen LogP contribution in [0.15, 0.2) is 30.5 Å². The number of aryl methyl sites for hydroxylation is 1. The van der Waals surface area contributed by atoms with E-state index >= 15 is 0 Å². The molecule has 0 unspecified atom stereocenters. The quantitative estimate of drug-likeness (QED) is 0.895. The maximum atomic E-state index is 4.40. The monoisotopic (exact) mass is 258 g/mol. The predicted molar refractivity (Wildman–Crippen MR) is 80.7 cm³/mol. The Bertz CT molecular complexity index is 526. The molecule has 1 aromatic heterocycles. The number of nitrogens with zero attached hydrogens (tertiary/aromatic N) is 3. The molecule has 4 nitrogen and oxygen atoms in total. The lowest BCUT2D eigenvalue weighted by molar-refractivity contribution is 0.814. The van der Waals surface area contributed by atoms with Crippen molar-refractivity contribution in [3.8, 4) is 0 Å². The SMILES string of the molecule is CCc1ccc(NCc2cnc(N(C)C)n2C)cc1. The van der Waals surface area contributed by atoms with E-state index in [1.165, 1.54) is 11.3 Å². The summed E-state index contributed by atoms with van der Waals surface area (Å²) in [5, 5.41) is 3.43. The Morgan fingerprint density at radius 3 is 2.42 bits per heavy atom. The Labute approximate surface area is 115 Å². The van der Waals surface area contributed by atoms with Gasteiger partial charge in [0.05, 0.1) is 18.4 Å². The zero-order valence-corrected chi connectivity index (χ0v) is 12.1. The fourth-order valence-electron chi connectivity index (χ4n) is 2.06. The van der Waals surface area contributed by atoms with Crippen LogP contribution in [-0.4, -0.2) is 23.6 Å². The lowest BCUT2D eigenvalue weighted by Gasteiger charge is -2.13. The topological polar surface area (TPSA) is 33.1 Å². The minimum atomic E-state index is 0.781. The minimum Gasteiger partial charge on any atom is -0.379 e. The summed E-state index contributed by atoms with van der Waals surface area (Å²) in [6.07, 6.45) is 3.00. The lowest BCUT2D eigenvalue weighted by atomic mass is 10.1. The second kappa shape index (κ2) is 5.78. The van der Waals surface area contributed by atoms with Gasteiger partial charge in [-0.15, -0.1) is 0 Å². The second-order valence-corrected chi connectivity index (χ2v) is 4.91. The first-order chi connectivity index (χ1) is 9.11. The number of imidazole rings is 1. The van der Waals surface area contributed by atoms with E-state index < -0.39 is 0 Å². The Morgan fingerprint density at radius 1 is 1.21 bits per heavy atom. The van der Waals surface area contributed by atoms with Crippen LogP contribution in [0.25, 0.3) is 0 Å². The van der Waals surface area contributed by atoms with Crippen molar-refractivity contribution >= 4 is 11.6 Å². The molecular formula is C15H22N4. The number of hydrogen-bond donors (Lipinski definition) is 1. The smallest absolute Gasteiger partial charge is 0.204 e. The Morgan fingerprint density at radius 2 is 1.89 bits per heavy atom. The molecule has 0 spiro atoms. The largest absolute Gasteiger partial charge is 0.379 e. The molecular weight excluding hydrogens is 236 g/mol. The molecule has 0 atom stereocenters. The summed E-state index contributed by atoms with van der Waals surface area (Å²) in [5.41, 5.74) is 3.68. The summed E-state index contributed by atoms with van der Waals surface area (Å²) in [7, 11) is 6.05. The number of nitrogens with one attached hydrogen (secondary N) is 1. The van der Waals surface area contributed by atoms with Gasteiger partial charge < -0.3 is 14.8 Å². The third-order valence-electron chi connectivity index (χ3n) is 3.30. The molecule has 19 heavy (non-hydrogen) atoms. The van der Waals surface area contributed by atoms with Gasteiger partial charge in [0.1, 0.15) is 0 Å². The van der Waals surface area contributed by atoms with E-state index in [1.54, 1.807) is 0 Å². The standard InChI is InChI=1S/C15H22N4/c1-5-12-6-8-13(9-7-12)16-10-14-11-17-15(18(2)3)19(14)4/h6-9,11,16H,5,10H2,1-4H3. The predicted octanol–water partition coefficient (Wildman–Crippen LogP) is 2.66. The third kappa shape index (κ3) is 3.08. The molecule has 0 fully saturated rings. The highest BCUT2D eigenvalue weighted by Gasteiger charge is 2.07. The van der Waals surface area contributed by atoms with E-state index in [0.717, 1.165) is 24.6 Å². The Balaban J connectivity index is 2.02. The Hall–Kier alpha value is -1.97. The van der Waals surface area contributed by atoms with Crippen LogP contribution in [0.3, 0.4) is 0 Å². The lowest BCUT2D eigenvalue weighted by Crippen LogP contribution is -2.15. The molecule has 0 saturated carbocycles. The average Bonchev–Trinajstić information content (AvgIpc) is 2.78. The van der Waals surface area contributed by atoms with Gasteiger partial charge in [-0.1, -0.05) is 19.1 Å². The van der Waals surface area contributed by atoms with Gasteiger partial charge >= 0.3 is 0 Å². The van der Waals surface area contributed by atoms with Crippen molar-refractivity contribution in [1.29, 1.82) is 0 Å². The first kappa shape index (κ1) is 13.5. The van der Waals surface area contributed by atoms with Crippen LogP contribution >= 0.6 is 0 Å². The van der Waals surface area contributed by atoms with Gasteiger partial charge in [0.2, 0.25) is 5.95 Å². The van der Waals surface area contributed by atoms with Gasteiger partial charge in [0.15, 0.2) is 0 Å². The molecule has 0 amide bonds. The molecule has 0 radical (unpaired) electrons. The number of benzene rings is 1. The van der Waals surface area contributed by atoms with Crippen LogP contribution in [0, 0.1) is 0 Å². The van der Waals surface area contributed by atoms with Crippen LogP contribution in [0.4, 0.5) is 11.6 Å². The molecule has 0 aliphatic carbocycles. The van der Waals surface area contributed by atoms with Crippen LogP contribution in [-0.2, 0) is 20.0 Å². The molecule has 1 heterocycles. The summed E-state index contributed by atoms with van der Waals surface area (Å²) in [5.74, 6) is 0.970. The van der Waals surface area contributed by atoms with E-state index in [2.05, 4.69) is 46.1 Å². The normalized spacial score (nSPS) is 10.5. The summed E-state index contributed by atoms with van der Waals surface area (Å²) in [4.78, 5) is 6.42. The van der Waals surface area contributed by atoms with Gasteiger partial charge in [0.25, 0.3) is 0 Å². The zero-order valence-electron chi connectivity index (χ0n) is 12.1. The van der Waals surface area contributed by atoms with Crippen molar-refractivity contribution < 1.29 is 0 Å². The van der Waals surface area contributed by atoms with E-state index in [-0.39, 0.29) is 0 Å². The van der Waals surface area contributed by atoms with Gasteiger partial charge in [-0.05, 0) is 24.1 Å². The van der Waals surface area contributed by atoms with Gasteiger partial charge in [0, 0.05) is 26.8 Å². The van der Waals surface area contributed by atoms with Crippen molar-refractivity contribution in [2.45, 2.75) is 19.9 Å². The second-order valence-electron chi connectivity index (χ2n) is 4.91. The van der Waals surface area contributed by atoms with Crippen LogP contribution in [0.2, 0.25) is 0 Å². The Kier molecular flexibility index (Phi) is 4.10. The van der Waals surface area contributed by atoms with Crippen LogP contribution < -0.4 is 10.2 Å². The first-order valence-corrected chi connectivity index (χ1v) is 6.62. The molecule has 4 heteroatoms. The van der Waals surface area contributed by atoms with Gasteiger partial charge in [-0.3, -0.25) is 0 Å². The molecule has 0 aliphatic heterocycles. The van der Waals surface area contributed by atoms with Crippen LogP contribution in [0.5, 0.6) is 0 Å². The highest BCUT2D eigenvalue weighted by atomic mass is 15.3. The fraction of sp³-hybridized carbons (Fsp3) is 0.400. The van der Waals surface area contributed by atoms with E-state index in [1.807, 2.05) is 32.2 Å². The maximum absolute atomic E-state index is 4.40. The van der Waals surface area contributed by atoms with Crippen molar-refractivity contribution in [2.24, 2.45) is 7.05 Å². The third-order valence-corrected chi connectivity index (χ3v) is 3.30. The number of anilines is 2. The molecule has 1 aromatic carbocycles. The molecule has 0 bridgehead atoms. The van der Waals surface area contributed by atoms with Crippen LogP contribution in [0.1, 0.15) is 18.2 Å². The molecule has 0 aliphatic rings. The summed E-state index contributed by atoms with van der Waals surface area (Å²) < 4.78 is 2.10. The van der Waals surface area contributed by atoms with E-state index in [9.17, 15) is 0 Å². The molecule has 0 saturated heterocycles. The molecule has 2 rings (SSSR count). The summed E-state index contributed by atoms with van der Waals surface area (Å²) in [6, 6.07) is 8.58. The maximum Gasteiger partial charge on any atom is 0.204 e. The van der Waals surface area contributed by atoms with Crippen molar-refractivity contribution in [1.82, 2.24) is 9.55 Å². The zero-order chi connectivity index (χ0) is 13.8. The average molecular weight is 258 g/mol. The van der Waals surface area contributed by atoms with Crippen molar-refractivity contribution in [3.63, 3.8) is 0 Å². The molecule has 2 aromatic rings. The number of hydrogen-bond acceptors (Lipinski definition) is 3. The first-order valence-electron chi connectivity index (χ1n) is 6.62. The van der Waals surface area contributed by atoms with Gasteiger partial charge in [-0.2, -0.15) is 0 Å². The number of aromatic nitrogens is 2. The fourth-order valence-corrected chi connectivity index (χ4v) is 2.06. The number of rotatable bonds is 5. The molecule has 1 N–H and O–H groups in total. The minimum absolute atomic E-state index is 0.781. The van der Waals surface area contributed by atoms with E-state index in [4.69, 9.17) is 0 Å². The highest BCUT2D eigenvalue weighted by Crippen LogP contribution is 2.14. The van der Waals surface area contributed by atoms with Gasteiger partial charge in [-0.25, -0.2) is 4.98 Å².